The van der Waals surface area contributed by atoms with Crippen LogP contribution in [0.3, 0.4) is 0 Å². The molecular weight excluding hydrogens is 378 g/mol. The minimum Gasteiger partial charge on any atom is -0.508 e. The summed E-state index contributed by atoms with van der Waals surface area (Å²) in [7, 11) is 0. The predicted molar refractivity (Wildman–Crippen MR) is 131 cm³/mol. The number of hydrogen-bond acceptors (Lipinski definition) is 2. The van der Waals surface area contributed by atoms with E-state index in [9.17, 15) is 5.11 Å². The van der Waals surface area contributed by atoms with Crippen molar-refractivity contribution in [3.63, 3.8) is 0 Å². The van der Waals surface area contributed by atoms with Crippen LogP contribution < -0.4 is 0 Å². The molecule has 0 aromatic heterocycles. The molecule has 1 heterocycles. The molecule has 3 aromatic rings. The first kappa shape index (κ1) is 19.6. The van der Waals surface area contributed by atoms with Crippen LogP contribution in [0.25, 0.3) is 23.8 Å². The van der Waals surface area contributed by atoms with Crippen LogP contribution >= 0.6 is 0 Å². The zero-order valence-electron chi connectivity index (χ0n) is 17.7. The Morgan fingerprint density at radius 2 is 1.42 bits per heavy atom. The summed E-state index contributed by atoms with van der Waals surface area (Å²) in [4.78, 5) is 2.51. The second-order valence-corrected chi connectivity index (χ2v) is 8.28. The van der Waals surface area contributed by atoms with Crippen LogP contribution in [0.1, 0.15) is 40.7 Å². The van der Waals surface area contributed by atoms with Gasteiger partial charge in [-0.15, -0.1) is 0 Å². The Labute approximate surface area is 184 Å². The smallest absolute Gasteiger partial charge is 0.116 e. The molecule has 0 saturated carbocycles. The van der Waals surface area contributed by atoms with E-state index in [0.717, 1.165) is 38.0 Å². The molecule has 0 spiro atoms. The number of hydrogen-bond donors (Lipinski definition) is 1. The van der Waals surface area contributed by atoms with E-state index in [4.69, 9.17) is 0 Å². The summed E-state index contributed by atoms with van der Waals surface area (Å²) in [6, 6.07) is 25.0. The molecular formula is C29H27NO. The van der Waals surface area contributed by atoms with Crippen molar-refractivity contribution in [1.82, 2.24) is 4.90 Å². The van der Waals surface area contributed by atoms with Gasteiger partial charge in [0.15, 0.2) is 0 Å². The molecule has 1 saturated heterocycles. The van der Waals surface area contributed by atoms with Gasteiger partial charge >= 0.3 is 0 Å². The fourth-order valence-electron chi connectivity index (χ4n) is 4.67. The third kappa shape index (κ3) is 4.26. The quantitative estimate of drug-likeness (QED) is 0.421. The number of likely N-dealkylation sites (tertiary alicyclic amines) is 1. The van der Waals surface area contributed by atoms with Crippen LogP contribution in [0.5, 0.6) is 5.75 Å². The van der Waals surface area contributed by atoms with E-state index < -0.39 is 0 Å². The standard InChI is InChI=1S/C29H27NO/c31-26-11-5-7-22(21-26)8-6-18-30-19-16-25(17-20-30)29-27-12-3-1-9-23(27)14-15-24-10-2-4-13-28(24)29/h1-15,21,31H,16-20H2/b8-6+. The molecule has 3 aromatic carbocycles. The van der Waals surface area contributed by atoms with Crippen molar-refractivity contribution < 1.29 is 5.11 Å². The van der Waals surface area contributed by atoms with Crippen molar-refractivity contribution >= 4 is 23.8 Å². The Bertz CT molecular complexity index is 1120. The topological polar surface area (TPSA) is 23.5 Å². The maximum atomic E-state index is 9.62. The largest absolute Gasteiger partial charge is 0.508 e. The van der Waals surface area contributed by atoms with Crippen LogP contribution in [0.2, 0.25) is 0 Å². The maximum absolute atomic E-state index is 9.62. The highest BCUT2D eigenvalue weighted by Gasteiger charge is 2.21. The van der Waals surface area contributed by atoms with Gasteiger partial charge in [-0.05, 0) is 58.4 Å². The van der Waals surface area contributed by atoms with Crippen molar-refractivity contribution in [2.75, 3.05) is 19.6 Å². The van der Waals surface area contributed by atoms with E-state index in [-0.39, 0.29) is 0 Å². The van der Waals surface area contributed by atoms with E-state index in [1.54, 1.807) is 17.7 Å². The van der Waals surface area contributed by atoms with Gasteiger partial charge in [0.2, 0.25) is 0 Å². The van der Waals surface area contributed by atoms with Crippen LogP contribution in [-0.4, -0.2) is 29.6 Å². The van der Waals surface area contributed by atoms with E-state index in [1.807, 2.05) is 12.1 Å². The minimum atomic E-state index is 0.315. The van der Waals surface area contributed by atoms with Gasteiger partial charge in [-0.3, -0.25) is 4.90 Å². The summed E-state index contributed by atoms with van der Waals surface area (Å²) in [5.41, 5.74) is 9.36. The zero-order valence-corrected chi connectivity index (χ0v) is 17.7. The monoisotopic (exact) mass is 405 g/mol. The summed E-state index contributed by atoms with van der Waals surface area (Å²) in [5, 5.41) is 9.62. The van der Waals surface area contributed by atoms with Gasteiger partial charge in [0.25, 0.3) is 0 Å². The maximum Gasteiger partial charge on any atom is 0.116 e. The molecule has 2 nitrogen and oxygen atoms in total. The lowest BCUT2D eigenvalue weighted by Gasteiger charge is -2.29. The SMILES string of the molecule is Oc1cccc(/C=C/CN2CCC(=C3c4ccccc4C=Cc4ccccc43)CC2)c1. The van der Waals surface area contributed by atoms with Gasteiger partial charge in [-0.25, -0.2) is 0 Å². The van der Waals surface area contributed by atoms with E-state index in [0.29, 0.717) is 5.75 Å². The molecule has 1 aliphatic heterocycles. The molecule has 1 aliphatic carbocycles. The summed E-state index contributed by atoms with van der Waals surface area (Å²) in [6.07, 6.45) is 11.0. The molecule has 2 aliphatic rings. The van der Waals surface area contributed by atoms with E-state index >= 15 is 0 Å². The van der Waals surface area contributed by atoms with Gasteiger partial charge in [0.1, 0.15) is 5.75 Å². The molecule has 0 bridgehead atoms. The minimum absolute atomic E-state index is 0.315. The highest BCUT2D eigenvalue weighted by molar-refractivity contribution is 5.94. The number of fused-ring (bicyclic) bond motifs is 2. The molecule has 31 heavy (non-hydrogen) atoms. The highest BCUT2D eigenvalue weighted by Crippen LogP contribution is 2.38. The Hall–Kier alpha value is -3.36. The molecule has 0 unspecified atom stereocenters. The van der Waals surface area contributed by atoms with Crippen molar-refractivity contribution in [2.24, 2.45) is 0 Å². The predicted octanol–water partition coefficient (Wildman–Crippen LogP) is 6.49. The lowest BCUT2D eigenvalue weighted by Crippen LogP contribution is -2.31. The normalized spacial score (nSPS) is 16.3. The fraction of sp³-hybridized carbons (Fsp3) is 0.172. The average molecular weight is 406 g/mol. The van der Waals surface area contributed by atoms with Gasteiger partial charge < -0.3 is 5.11 Å². The van der Waals surface area contributed by atoms with Gasteiger partial charge in [0, 0.05) is 19.6 Å². The van der Waals surface area contributed by atoms with Gasteiger partial charge in [0.05, 0.1) is 0 Å². The lowest BCUT2D eigenvalue weighted by atomic mass is 9.86. The van der Waals surface area contributed by atoms with Crippen molar-refractivity contribution in [2.45, 2.75) is 12.8 Å². The Morgan fingerprint density at radius 1 is 0.774 bits per heavy atom. The first-order chi connectivity index (χ1) is 15.3. The van der Waals surface area contributed by atoms with E-state index in [2.05, 4.69) is 77.7 Å². The zero-order chi connectivity index (χ0) is 21.0. The van der Waals surface area contributed by atoms with Gasteiger partial charge in [-0.2, -0.15) is 0 Å². The summed E-state index contributed by atoms with van der Waals surface area (Å²) >= 11 is 0. The third-order valence-electron chi connectivity index (χ3n) is 6.26. The number of rotatable bonds is 3. The fourth-order valence-corrected chi connectivity index (χ4v) is 4.67. The Balaban J connectivity index is 1.37. The number of benzene rings is 3. The van der Waals surface area contributed by atoms with Crippen LogP contribution in [0.15, 0.2) is 84.4 Å². The number of phenols is 1. The Kier molecular flexibility index (Phi) is 5.56. The summed E-state index contributed by atoms with van der Waals surface area (Å²) in [6.45, 7) is 3.08. The molecule has 0 radical (unpaired) electrons. The summed E-state index contributed by atoms with van der Waals surface area (Å²) < 4.78 is 0. The summed E-state index contributed by atoms with van der Waals surface area (Å²) in [5.74, 6) is 0.315. The van der Waals surface area contributed by atoms with E-state index in [1.165, 1.54) is 27.8 Å². The number of phenolic OH excluding ortho intramolecular Hbond substituents is 1. The second kappa shape index (κ2) is 8.79. The molecule has 154 valence electrons. The van der Waals surface area contributed by atoms with Crippen LogP contribution in [-0.2, 0) is 0 Å². The molecule has 2 heteroatoms. The van der Waals surface area contributed by atoms with Crippen LogP contribution in [0.4, 0.5) is 0 Å². The Morgan fingerprint density at radius 3 is 2.06 bits per heavy atom. The molecule has 5 rings (SSSR count). The molecule has 1 fully saturated rings. The molecule has 1 N–H and O–H groups in total. The first-order valence-electron chi connectivity index (χ1n) is 11.0. The van der Waals surface area contributed by atoms with Gasteiger partial charge in [-0.1, -0.05) is 90.5 Å². The molecule has 0 amide bonds. The third-order valence-corrected chi connectivity index (χ3v) is 6.26. The second-order valence-electron chi connectivity index (χ2n) is 8.28. The van der Waals surface area contributed by atoms with Crippen molar-refractivity contribution in [1.29, 1.82) is 0 Å². The number of nitrogens with zero attached hydrogens (tertiary/aromatic N) is 1. The first-order valence-corrected chi connectivity index (χ1v) is 11.0. The van der Waals surface area contributed by atoms with Crippen molar-refractivity contribution in [3.05, 3.63) is 112 Å². The van der Waals surface area contributed by atoms with Crippen LogP contribution in [0, 0.1) is 0 Å². The van der Waals surface area contributed by atoms with Crippen molar-refractivity contribution in [3.8, 4) is 5.75 Å². The number of piperidine rings is 1. The number of aromatic hydroxyl groups is 1. The highest BCUT2D eigenvalue weighted by atomic mass is 16.3. The molecule has 0 atom stereocenters. The average Bonchev–Trinajstić information content (AvgIpc) is 2.97. The lowest BCUT2D eigenvalue weighted by molar-refractivity contribution is 0.284.